The molecule has 3 aromatic rings. The van der Waals surface area contributed by atoms with E-state index in [1.54, 1.807) is 6.07 Å². The Morgan fingerprint density at radius 1 is 0.905 bits per heavy atom. The zero-order valence-electron chi connectivity index (χ0n) is 24.0. The molecule has 1 unspecified atom stereocenters. The molecule has 2 N–H and O–H groups in total. The molecule has 2 aliphatic heterocycles. The van der Waals surface area contributed by atoms with Crippen LogP contribution in [0.15, 0.2) is 83.8 Å². The molecule has 3 fully saturated rings. The average molecular weight is 569 g/mol. The Hall–Kier alpha value is -4.07. The standard InChI is InChI=1S/C34H40N4O4/c39-31-21-27(25-9-3-1-4-10-25)13-18-36(31)23-28-14-19-37(24-34(28)16-7-8-17-34)33(42)38-20-15-29(35-32(40)41)22-30(38)26-11-5-2-6-12-26/h1-6,9-13,18,21,28-30,35H,7-8,14-17,19-20,22-24H2,(H,40,41)/t28?,29-,30+/m1/s1. The van der Waals surface area contributed by atoms with Crippen LogP contribution in [0.5, 0.6) is 0 Å². The number of urea groups is 1. The first kappa shape index (κ1) is 28.1. The van der Waals surface area contributed by atoms with Gasteiger partial charge >= 0.3 is 12.1 Å². The lowest BCUT2D eigenvalue weighted by molar-refractivity contribution is 0.0208. The van der Waals surface area contributed by atoms with Crippen molar-refractivity contribution in [2.45, 2.75) is 63.6 Å². The summed E-state index contributed by atoms with van der Waals surface area (Å²) in [4.78, 5) is 42.7. The highest BCUT2D eigenvalue weighted by molar-refractivity contribution is 5.75. The topological polar surface area (TPSA) is 94.9 Å². The SMILES string of the molecule is O=C(O)N[C@@H]1CCN(C(=O)N2CCC(Cn3ccc(-c4ccccc4)cc3=O)C3(CCCC3)C2)[C@H](c2ccccc2)C1. The molecule has 0 radical (unpaired) electrons. The number of hydrogen-bond acceptors (Lipinski definition) is 3. The predicted octanol–water partition coefficient (Wildman–Crippen LogP) is 5.99. The van der Waals surface area contributed by atoms with E-state index in [4.69, 9.17) is 0 Å². The van der Waals surface area contributed by atoms with Crippen LogP contribution in [-0.4, -0.2) is 57.3 Å². The molecule has 3 heterocycles. The number of hydrogen-bond donors (Lipinski definition) is 2. The number of amides is 3. The molecule has 1 spiro atoms. The van der Waals surface area contributed by atoms with Crippen molar-refractivity contribution in [1.29, 1.82) is 0 Å². The number of nitrogens with zero attached hydrogens (tertiary/aromatic N) is 3. The normalized spacial score (nSPS) is 23.6. The van der Waals surface area contributed by atoms with Crippen LogP contribution in [-0.2, 0) is 6.54 Å². The van der Waals surface area contributed by atoms with Gasteiger partial charge in [-0.1, -0.05) is 73.5 Å². The first-order valence-corrected chi connectivity index (χ1v) is 15.3. The van der Waals surface area contributed by atoms with Gasteiger partial charge in [0.05, 0.1) is 6.04 Å². The van der Waals surface area contributed by atoms with E-state index in [2.05, 4.69) is 5.32 Å². The lowest BCUT2D eigenvalue weighted by Gasteiger charge is -2.49. The molecule has 42 heavy (non-hydrogen) atoms. The maximum Gasteiger partial charge on any atom is 0.404 e. The van der Waals surface area contributed by atoms with Crippen LogP contribution < -0.4 is 10.9 Å². The van der Waals surface area contributed by atoms with Crippen molar-refractivity contribution in [2.75, 3.05) is 19.6 Å². The number of likely N-dealkylation sites (tertiary alicyclic amines) is 2. The molecule has 3 atom stereocenters. The fourth-order valence-corrected chi connectivity index (χ4v) is 7.68. The number of aromatic nitrogens is 1. The van der Waals surface area contributed by atoms with Crippen molar-refractivity contribution in [3.8, 4) is 11.1 Å². The molecule has 1 aromatic heterocycles. The molecule has 3 aliphatic rings. The maximum atomic E-state index is 14.2. The molecule has 3 amide bonds. The van der Waals surface area contributed by atoms with Crippen LogP contribution in [0.1, 0.15) is 56.6 Å². The van der Waals surface area contributed by atoms with Gasteiger partial charge in [-0.05, 0) is 66.2 Å². The van der Waals surface area contributed by atoms with E-state index in [9.17, 15) is 19.5 Å². The van der Waals surface area contributed by atoms with Crippen molar-refractivity contribution in [2.24, 2.45) is 11.3 Å². The molecule has 1 aliphatic carbocycles. The van der Waals surface area contributed by atoms with Gasteiger partial charge in [0.25, 0.3) is 5.56 Å². The number of benzene rings is 2. The molecule has 8 nitrogen and oxygen atoms in total. The number of nitrogens with one attached hydrogen (secondary N) is 1. The lowest BCUT2D eigenvalue weighted by Crippen LogP contribution is -2.57. The molecular weight excluding hydrogens is 528 g/mol. The third kappa shape index (κ3) is 5.80. The minimum atomic E-state index is -1.02. The lowest BCUT2D eigenvalue weighted by atomic mass is 9.69. The van der Waals surface area contributed by atoms with E-state index in [-0.39, 0.29) is 29.1 Å². The number of carbonyl (C=O) groups excluding carboxylic acids is 1. The molecule has 0 bridgehead atoms. The number of pyridine rings is 1. The Labute approximate surface area is 247 Å². The Balaban J connectivity index is 1.19. The summed E-state index contributed by atoms with van der Waals surface area (Å²) in [5, 5.41) is 12.0. The zero-order valence-corrected chi connectivity index (χ0v) is 24.0. The number of carbonyl (C=O) groups is 2. The monoisotopic (exact) mass is 568 g/mol. The molecule has 220 valence electrons. The summed E-state index contributed by atoms with van der Waals surface area (Å²) in [5.41, 5.74) is 3.04. The van der Waals surface area contributed by atoms with Gasteiger partial charge in [0.15, 0.2) is 0 Å². The van der Waals surface area contributed by atoms with E-state index in [0.29, 0.717) is 44.9 Å². The summed E-state index contributed by atoms with van der Waals surface area (Å²) in [7, 11) is 0. The van der Waals surface area contributed by atoms with Crippen molar-refractivity contribution in [3.63, 3.8) is 0 Å². The molecular formula is C34H40N4O4. The molecule has 2 saturated heterocycles. The zero-order chi connectivity index (χ0) is 29.1. The third-order valence-electron chi connectivity index (χ3n) is 9.87. The quantitative estimate of drug-likeness (QED) is 0.395. The number of carboxylic acid groups (broad SMARTS) is 1. The molecule has 2 aromatic carbocycles. The second kappa shape index (κ2) is 12.0. The van der Waals surface area contributed by atoms with Crippen LogP contribution >= 0.6 is 0 Å². The summed E-state index contributed by atoms with van der Waals surface area (Å²) < 4.78 is 1.86. The second-order valence-electron chi connectivity index (χ2n) is 12.3. The van der Waals surface area contributed by atoms with Gasteiger partial charge in [0.1, 0.15) is 0 Å². The van der Waals surface area contributed by atoms with Crippen LogP contribution in [0.4, 0.5) is 9.59 Å². The van der Waals surface area contributed by atoms with Crippen LogP contribution in [0, 0.1) is 11.3 Å². The summed E-state index contributed by atoms with van der Waals surface area (Å²) >= 11 is 0. The predicted molar refractivity (Wildman–Crippen MR) is 162 cm³/mol. The molecule has 8 heteroatoms. The summed E-state index contributed by atoms with van der Waals surface area (Å²) in [5.74, 6) is 0.333. The highest BCUT2D eigenvalue weighted by Gasteiger charge is 2.47. The summed E-state index contributed by atoms with van der Waals surface area (Å²) in [6.07, 6.45) is 7.40. The van der Waals surface area contributed by atoms with Crippen LogP contribution in [0.3, 0.4) is 0 Å². The summed E-state index contributed by atoms with van der Waals surface area (Å²) in [6.45, 7) is 2.56. The van der Waals surface area contributed by atoms with E-state index in [1.165, 1.54) is 0 Å². The van der Waals surface area contributed by atoms with Crippen molar-refractivity contribution in [1.82, 2.24) is 19.7 Å². The Bertz CT molecular complexity index is 1450. The van der Waals surface area contributed by atoms with E-state index in [0.717, 1.165) is 48.8 Å². The minimum Gasteiger partial charge on any atom is -0.465 e. The molecule has 1 saturated carbocycles. The fourth-order valence-electron chi connectivity index (χ4n) is 7.68. The van der Waals surface area contributed by atoms with Gasteiger partial charge in [0, 0.05) is 44.5 Å². The van der Waals surface area contributed by atoms with E-state index in [1.807, 2.05) is 87.3 Å². The highest BCUT2D eigenvalue weighted by Crippen LogP contribution is 2.49. The van der Waals surface area contributed by atoms with Crippen LogP contribution in [0.25, 0.3) is 11.1 Å². The van der Waals surface area contributed by atoms with Crippen molar-refractivity contribution in [3.05, 3.63) is 94.9 Å². The highest BCUT2D eigenvalue weighted by atomic mass is 16.4. The van der Waals surface area contributed by atoms with E-state index < -0.39 is 6.09 Å². The Kier molecular flexibility index (Phi) is 8.05. The largest absolute Gasteiger partial charge is 0.465 e. The maximum absolute atomic E-state index is 14.2. The Morgan fingerprint density at radius 2 is 1.62 bits per heavy atom. The fraction of sp³-hybridized carbons (Fsp3) is 0.441. The number of rotatable bonds is 5. The first-order valence-electron chi connectivity index (χ1n) is 15.3. The van der Waals surface area contributed by atoms with Crippen LogP contribution in [0.2, 0.25) is 0 Å². The van der Waals surface area contributed by atoms with Gasteiger partial charge in [0.2, 0.25) is 0 Å². The third-order valence-corrected chi connectivity index (χ3v) is 9.87. The smallest absolute Gasteiger partial charge is 0.404 e. The van der Waals surface area contributed by atoms with E-state index >= 15 is 0 Å². The van der Waals surface area contributed by atoms with Gasteiger partial charge < -0.3 is 24.8 Å². The minimum absolute atomic E-state index is 0.0108. The second-order valence-corrected chi connectivity index (χ2v) is 12.3. The van der Waals surface area contributed by atoms with Gasteiger partial charge in [-0.2, -0.15) is 0 Å². The Morgan fingerprint density at radius 3 is 2.31 bits per heavy atom. The average Bonchev–Trinajstić information content (AvgIpc) is 3.48. The first-order chi connectivity index (χ1) is 20.4. The van der Waals surface area contributed by atoms with Crippen molar-refractivity contribution < 1.29 is 14.7 Å². The van der Waals surface area contributed by atoms with Gasteiger partial charge in [-0.25, -0.2) is 9.59 Å². The number of piperidine rings is 2. The van der Waals surface area contributed by atoms with Gasteiger partial charge in [-0.15, -0.1) is 0 Å². The van der Waals surface area contributed by atoms with Crippen molar-refractivity contribution >= 4 is 12.1 Å². The van der Waals surface area contributed by atoms with Gasteiger partial charge in [-0.3, -0.25) is 4.79 Å². The summed E-state index contributed by atoms with van der Waals surface area (Å²) in [6, 6.07) is 23.4. The molecule has 6 rings (SSSR count).